The average Bonchev–Trinajstić information content (AvgIpc) is 2.93. The maximum absolute atomic E-state index is 13.4. The van der Waals surface area contributed by atoms with Gasteiger partial charge in [-0.2, -0.15) is 4.91 Å². The number of benzene rings is 4. The second-order valence-corrected chi connectivity index (χ2v) is 9.36. The molecule has 0 spiro atoms. The normalized spacial score (nSPS) is 12.3. The van der Waals surface area contributed by atoms with Crippen LogP contribution in [0.4, 0.5) is 5.69 Å². The van der Waals surface area contributed by atoms with Gasteiger partial charge in [0.05, 0.1) is 6.54 Å². The summed E-state index contributed by atoms with van der Waals surface area (Å²) in [7, 11) is 0. The minimum absolute atomic E-state index is 0.0207. The van der Waals surface area contributed by atoms with Gasteiger partial charge in [-0.15, -0.1) is 0 Å². The third-order valence-electron chi connectivity index (χ3n) is 6.60. The Morgan fingerprint density at radius 1 is 0.789 bits per heavy atom. The van der Waals surface area contributed by atoms with E-state index in [0.717, 1.165) is 22.3 Å². The van der Waals surface area contributed by atoms with E-state index < -0.39 is 0 Å². The fourth-order valence-corrected chi connectivity index (χ4v) is 4.59. The molecule has 0 bridgehead atoms. The lowest BCUT2D eigenvalue weighted by Crippen LogP contribution is -2.44. The number of carbonyl (C=O) groups is 1. The zero-order valence-corrected chi connectivity index (χ0v) is 21.0. The van der Waals surface area contributed by atoms with Crippen LogP contribution in [-0.4, -0.2) is 24.3 Å². The lowest BCUT2D eigenvalue weighted by atomic mass is 9.87. The molecule has 7 heteroatoms. The van der Waals surface area contributed by atoms with Crippen molar-refractivity contribution >= 4 is 17.4 Å². The van der Waals surface area contributed by atoms with E-state index in [2.05, 4.69) is 10.5 Å². The highest BCUT2D eigenvalue weighted by Gasteiger charge is 2.25. The number of amides is 1. The van der Waals surface area contributed by atoms with Gasteiger partial charge in [-0.3, -0.25) is 10.2 Å². The molecule has 0 saturated heterocycles. The smallest absolute Gasteiger partial charge is 0.251 e. The standard InChI is InChI=1S/C31H31N5O2/c32-28-11-5-9-25(19-28)23-12-14-24(15-13-23)31(37)36-29(18-21-6-2-1-3-7-21)27(20-35-38)17-22-8-4-10-26(16-22)30(33)34/h1-16,19,27,29H,17-18,20,32H2,(H3,33,34)(H,36,37). The van der Waals surface area contributed by atoms with E-state index in [1.54, 1.807) is 18.2 Å². The van der Waals surface area contributed by atoms with Gasteiger partial charge >= 0.3 is 0 Å². The summed E-state index contributed by atoms with van der Waals surface area (Å²) in [5.74, 6) is -0.503. The number of nitrogens with one attached hydrogen (secondary N) is 2. The SMILES string of the molecule is N=C(N)c1cccc(CC(CN=O)C(Cc2ccccc2)NC(=O)c2ccc(-c3cccc(N)c3)cc2)c1. The summed E-state index contributed by atoms with van der Waals surface area (Å²) in [6.45, 7) is 0.0381. The van der Waals surface area contributed by atoms with E-state index in [9.17, 15) is 9.70 Å². The molecule has 0 fully saturated rings. The monoisotopic (exact) mass is 505 g/mol. The molecule has 7 nitrogen and oxygen atoms in total. The first kappa shape index (κ1) is 26.3. The van der Waals surface area contributed by atoms with Crippen molar-refractivity contribution in [2.45, 2.75) is 18.9 Å². The summed E-state index contributed by atoms with van der Waals surface area (Å²) in [5.41, 5.74) is 17.3. The van der Waals surface area contributed by atoms with Crippen LogP contribution in [0.3, 0.4) is 0 Å². The summed E-state index contributed by atoms with van der Waals surface area (Å²) in [4.78, 5) is 24.8. The summed E-state index contributed by atoms with van der Waals surface area (Å²) < 4.78 is 0. The summed E-state index contributed by atoms with van der Waals surface area (Å²) in [6.07, 6.45) is 1.04. The van der Waals surface area contributed by atoms with Crippen LogP contribution >= 0.6 is 0 Å². The van der Waals surface area contributed by atoms with Gasteiger partial charge in [0.15, 0.2) is 0 Å². The lowest BCUT2D eigenvalue weighted by Gasteiger charge is -2.27. The maximum atomic E-state index is 13.4. The van der Waals surface area contributed by atoms with Gasteiger partial charge in [0.25, 0.3) is 5.91 Å². The Bertz CT molecular complexity index is 1400. The van der Waals surface area contributed by atoms with Gasteiger partial charge in [-0.25, -0.2) is 0 Å². The van der Waals surface area contributed by atoms with Crippen LogP contribution in [0.2, 0.25) is 0 Å². The minimum atomic E-state index is -0.350. The molecule has 4 aromatic rings. The number of nitrogens with zero attached hydrogens (tertiary/aromatic N) is 1. The Hall–Kier alpha value is -4.78. The first-order chi connectivity index (χ1) is 18.4. The summed E-state index contributed by atoms with van der Waals surface area (Å²) in [5, 5.41) is 14.1. The van der Waals surface area contributed by atoms with Crippen molar-refractivity contribution in [1.29, 1.82) is 5.41 Å². The van der Waals surface area contributed by atoms with E-state index in [1.165, 1.54) is 0 Å². The molecular weight excluding hydrogens is 474 g/mol. The zero-order chi connectivity index (χ0) is 26.9. The molecule has 0 aliphatic carbocycles. The van der Waals surface area contributed by atoms with Crippen LogP contribution in [0, 0.1) is 16.2 Å². The molecule has 192 valence electrons. The van der Waals surface area contributed by atoms with E-state index in [-0.39, 0.29) is 30.2 Å². The fraction of sp³-hybridized carbons (Fsp3) is 0.161. The number of anilines is 1. The van der Waals surface area contributed by atoms with Crippen molar-refractivity contribution in [2.24, 2.45) is 16.8 Å². The molecule has 0 heterocycles. The van der Waals surface area contributed by atoms with Crippen molar-refractivity contribution in [3.8, 4) is 11.1 Å². The van der Waals surface area contributed by atoms with Crippen LogP contribution in [0.5, 0.6) is 0 Å². The molecule has 0 aliphatic heterocycles. The second kappa shape index (κ2) is 12.5. The quantitative estimate of drug-likeness (QED) is 0.0966. The molecular formula is C31H31N5O2. The molecule has 0 radical (unpaired) electrons. The van der Waals surface area contributed by atoms with Crippen molar-refractivity contribution in [2.75, 3.05) is 12.3 Å². The average molecular weight is 506 g/mol. The Kier molecular flexibility index (Phi) is 8.61. The van der Waals surface area contributed by atoms with E-state index >= 15 is 0 Å². The predicted octanol–water partition coefficient (Wildman–Crippen LogP) is 5.19. The van der Waals surface area contributed by atoms with Gasteiger partial charge in [0.1, 0.15) is 5.84 Å². The lowest BCUT2D eigenvalue weighted by molar-refractivity contribution is 0.0922. The number of nitrogens with two attached hydrogens (primary N) is 2. The number of rotatable bonds is 11. The molecule has 2 atom stereocenters. The predicted molar refractivity (Wildman–Crippen MR) is 153 cm³/mol. The van der Waals surface area contributed by atoms with Crippen molar-refractivity contribution in [1.82, 2.24) is 5.32 Å². The van der Waals surface area contributed by atoms with Gasteiger partial charge in [-0.05, 0) is 65.4 Å². The molecule has 2 unspecified atom stereocenters. The Morgan fingerprint density at radius 3 is 2.18 bits per heavy atom. The van der Waals surface area contributed by atoms with Gasteiger partial charge in [0, 0.05) is 28.8 Å². The number of carbonyl (C=O) groups excluding carboxylic acids is 1. The van der Waals surface area contributed by atoms with E-state index in [4.69, 9.17) is 16.9 Å². The highest BCUT2D eigenvalue weighted by molar-refractivity contribution is 5.95. The molecule has 4 aromatic carbocycles. The molecule has 1 amide bonds. The van der Waals surface area contributed by atoms with Crippen LogP contribution < -0.4 is 16.8 Å². The largest absolute Gasteiger partial charge is 0.399 e. The van der Waals surface area contributed by atoms with Crippen molar-refractivity contribution in [3.05, 3.63) is 130 Å². The van der Waals surface area contributed by atoms with Gasteiger partial charge in [0.2, 0.25) is 0 Å². The highest BCUT2D eigenvalue weighted by atomic mass is 16.3. The first-order valence-electron chi connectivity index (χ1n) is 12.5. The maximum Gasteiger partial charge on any atom is 0.251 e. The Balaban J connectivity index is 1.58. The summed E-state index contributed by atoms with van der Waals surface area (Å²) in [6, 6.07) is 31.8. The van der Waals surface area contributed by atoms with Gasteiger partial charge in [-0.1, -0.05) is 78.0 Å². The van der Waals surface area contributed by atoms with Crippen LogP contribution in [0.15, 0.2) is 108 Å². The number of amidine groups is 1. The molecule has 6 N–H and O–H groups in total. The number of nitrogen functional groups attached to an aromatic ring is 2. The number of nitroso groups, excluding NO2 is 1. The Labute approximate surface area is 222 Å². The molecule has 38 heavy (non-hydrogen) atoms. The van der Waals surface area contributed by atoms with E-state index in [1.807, 2.05) is 84.9 Å². The number of hydrogen-bond donors (Lipinski definition) is 4. The summed E-state index contributed by atoms with van der Waals surface area (Å²) >= 11 is 0. The van der Waals surface area contributed by atoms with E-state index in [0.29, 0.717) is 29.7 Å². The minimum Gasteiger partial charge on any atom is -0.399 e. The molecule has 0 saturated carbocycles. The topological polar surface area (TPSA) is 134 Å². The second-order valence-electron chi connectivity index (χ2n) is 9.36. The highest BCUT2D eigenvalue weighted by Crippen LogP contribution is 2.23. The molecule has 0 aromatic heterocycles. The zero-order valence-electron chi connectivity index (χ0n) is 21.0. The number of hydrogen-bond acceptors (Lipinski definition) is 5. The molecule has 4 rings (SSSR count). The van der Waals surface area contributed by atoms with Crippen LogP contribution in [0.25, 0.3) is 11.1 Å². The third kappa shape index (κ3) is 6.91. The Morgan fingerprint density at radius 2 is 1.50 bits per heavy atom. The van der Waals surface area contributed by atoms with Crippen molar-refractivity contribution in [3.63, 3.8) is 0 Å². The van der Waals surface area contributed by atoms with Crippen LogP contribution in [-0.2, 0) is 12.8 Å². The van der Waals surface area contributed by atoms with Crippen molar-refractivity contribution < 1.29 is 4.79 Å². The fourth-order valence-electron chi connectivity index (χ4n) is 4.59. The third-order valence-corrected chi connectivity index (χ3v) is 6.60. The van der Waals surface area contributed by atoms with Gasteiger partial charge < -0.3 is 16.8 Å². The molecule has 0 aliphatic rings. The first-order valence-corrected chi connectivity index (χ1v) is 12.5. The van der Waals surface area contributed by atoms with Crippen LogP contribution in [0.1, 0.15) is 27.0 Å².